The molecule has 116 valence electrons. The van der Waals surface area contributed by atoms with Crippen molar-refractivity contribution in [1.29, 1.82) is 0 Å². The van der Waals surface area contributed by atoms with Gasteiger partial charge in [-0.05, 0) is 43.3 Å². The van der Waals surface area contributed by atoms with Crippen LogP contribution in [0.15, 0.2) is 34.9 Å². The van der Waals surface area contributed by atoms with Crippen molar-refractivity contribution in [2.24, 2.45) is 0 Å². The molecule has 0 aliphatic carbocycles. The topological polar surface area (TPSA) is 90.7 Å². The number of aromatic nitrogens is 1. The minimum atomic E-state index is -0.398. The summed E-state index contributed by atoms with van der Waals surface area (Å²) in [6.07, 6.45) is 0. The largest absolute Gasteiger partial charge is 0.465 e. The van der Waals surface area contributed by atoms with Gasteiger partial charge in [-0.25, -0.2) is 4.79 Å². The average Bonchev–Trinajstić information content (AvgIpc) is 2.92. The average molecular weight is 304 g/mol. The van der Waals surface area contributed by atoms with Crippen LogP contribution in [0.2, 0.25) is 0 Å². The van der Waals surface area contributed by atoms with Gasteiger partial charge in [-0.3, -0.25) is 4.79 Å². The molecule has 7 nitrogen and oxygen atoms in total. The normalized spacial score (nSPS) is 10.1. The summed E-state index contributed by atoms with van der Waals surface area (Å²) in [7, 11) is 0. The van der Waals surface area contributed by atoms with Crippen LogP contribution in [-0.4, -0.2) is 30.2 Å². The molecule has 7 heteroatoms. The first-order valence-electron chi connectivity index (χ1n) is 6.71. The zero-order valence-electron chi connectivity index (χ0n) is 12.3. The molecule has 1 amide bonds. The van der Waals surface area contributed by atoms with E-state index >= 15 is 0 Å². The van der Waals surface area contributed by atoms with Crippen molar-refractivity contribution in [3.05, 3.63) is 41.7 Å². The van der Waals surface area contributed by atoms with Crippen molar-refractivity contribution in [2.45, 2.75) is 13.8 Å². The first-order valence-corrected chi connectivity index (χ1v) is 6.71. The summed E-state index contributed by atoms with van der Waals surface area (Å²) in [6, 6.07) is 7.97. The van der Waals surface area contributed by atoms with Crippen molar-refractivity contribution in [3.8, 4) is 5.88 Å². The van der Waals surface area contributed by atoms with Crippen LogP contribution in [0, 0.1) is 6.92 Å². The molecule has 0 saturated heterocycles. The van der Waals surface area contributed by atoms with Crippen LogP contribution in [-0.2, 0) is 9.53 Å². The standard InChI is InChI=1S/C15H16N2O5/c1-3-20-15(19)11-4-6-12(7-5-11)16-13(18)9-21-14-8-10(2)22-17-14/h4-8H,3,9H2,1-2H3,(H,16,18). The Kier molecular flexibility index (Phi) is 5.13. The summed E-state index contributed by atoms with van der Waals surface area (Å²) < 4.78 is 14.9. The molecule has 0 fully saturated rings. The summed E-state index contributed by atoms with van der Waals surface area (Å²) in [6.45, 7) is 3.59. The number of anilines is 1. The molecular weight excluding hydrogens is 288 g/mol. The van der Waals surface area contributed by atoms with E-state index in [-0.39, 0.29) is 18.4 Å². The molecule has 1 N–H and O–H groups in total. The number of amides is 1. The summed E-state index contributed by atoms with van der Waals surface area (Å²) in [5.41, 5.74) is 0.979. The van der Waals surface area contributed by atoms with E-state index in [9.17, 15) is 9.59 Å². The lowest BCUT2D eigenvalue weighted by molar-refractivity contribution is -0.118. The molecule has 0 atom stereocenters. The SMILES string of the molecule is CCOC(=O)c1ccc(NC(=O)COc2cc(C)on2)cc1. The molecule has 2 rings (SSSR count). The molecule has 2 aromatic rings. The number of rotatable bonds is 6. The monoisotopic (exact) mass is 304 g/mol. The fraction of sp³-hybridized carbons (Fsp3) is 0.267. The van der Waals surface area contributed by atoms with Gasteiger partial charge < -0.3 is 19.3 Å². The third-order valence-corrected chi connectivity index (χ3v) is 2.64. The van der Waals surface area contributed by atoms with Crippen LogP contribution in [0.5, 0.6) is 5.88 Å². The lowest BCUT2D eigenvalue weighted by Crippen LogP contribution is -2.20. The first kappa shape index (κ1) is 15.6. The van der Waals surface area contributed by atoms with Crippen molar-refractivity contribution in [2.75, 3.05) is 18.5 Å². The molecule has 0 unspecified atom stereocenters. The predicted octanol–water partition coefficient (Wildman–Crippen LogP) is 2.18. The van der Waals surface area contributed by atoms with Crippen molar-refractivity contribution >= 4 is 17.6 Å². The zero-order chi connectivity index (χ0) is 15.9. The number of hydrogen-bond acceptors (Lipinski definition) is 6. The molecule has 1 heterocycles. The fourth-order valence-corrected chi connectivity index (χ4v) is 1.65. The van der Waals surface area contributed by atoms with Crippen molar-refractivity contribution < 1.29 is 23.6 Å². The molecule has 0 saturated carbocycles. The van der Waals surface area contributed by atoms with Crippen LogP contribution in [0.1, 0.15) is 23.0 Å². The van der Waals surface area contributed by atoms with Gasteiger partial charge in [0.05, 0.1) is 12.2 Å². The highest BCUT2D eigenvalue weighted by Crippen LogP contribution is 2.12. The molecular formula is C15H16N2O5. The Morgan fingerprint density at radius 3 is 2.59 bits per heavy atom. The summed E-state index contributed by atoms with van der Waals surface area (Å²) in [5, 5.41) is 6.26. The lowest BCUT2D eigenvalue weighted by Gasteiger charge is -2.06. The third-order valence-electron chi connectivity index (χ3n) is 2.64. The zero-order valence-corrected chi connectivity index (χ0v) is 12.3. The maximum Gasteiger partial charge on any atom is 0.338 e. The van der Waals surface area contributed by atoms with Gasteiger partial charge in [0.1, 0.15) is 5.76 Å². The maximum absolute atomic E-state index is 11.7. The summed E-state index contributed by atoms with van der Waals surface area (Å²) >= 11 is 0. The van der Waals surface area contributed by atoms with Gasteiger partial charge in [-0.1, -0.05) is 0 Å². The van der Waals surface area contributed by atoms with E-state index in [2.05, 4.69) is 10.5 Å². The maximum atomic E-state index is 11.7. The van der Waals surface area contributed by atoms with Gasteiger partial charge in [0.15, 0.2) is 6.61 Å². The minimum absolute atomic E-state index is 0.189. The lowest BCUT2D eigenvalue weighted by atomic mass is 10.2. The van der Waals surface area contributed by atoms with Crippen LogP contribution in [0.3, 0.4) is 0 Å². The fourth-order valence-electron chi connectivity index (χ4n) is 1.65. The van der Waals surface area contributed by atoms with Crippen LogP contribution in [0.25, 0.3) is 0 Å². The Balaban J connectivity index is 1.85. The molecule has 0 radical (unpaired) electrons. The number of ether oxygens (including phenoxy) is 2. The number of hydrogen-bond donors (Lipinski definition) is 1. The Morgan fingerprint density at radius 1 is 1.27 bits per heavy atom. The van der Waals surface area contributed by atoms with Crippen LogP contribution in [0.4, 0.5) is 5.69 Å². The minimum Gasteiger partial charge on any atom is -0.465 e. The third kappa shape index (κ3) is 4.34. The summed E-state index contributed by atoms with van der Waals surface area (Å²) in [5.74, 6) is 0.116. The first-order chi connectivity index (χ1) is 10.6. The number of esters is 1. The van der Waals surface area contributed by atoms with Gasteiger partial charge in [-0.2, -0.15) is 0 Å². The number of nitrogens with one attached hydrogen (secondary N) is 1. The van der Waals surface area contributed by atoms with Crippen LogP contribution < -0.4 is 10.1 Å². The van der Waals surface area contributed by atoms with Crippen molar-refractivity contribution in [1.82, 2.24) is 5.16 Å². The van der Waals surface area contributed by atoms with Crippen LogP contribution >= 0.6 is 0 Å². The Bertz CT molecular complexity index is 648. The number of carbonyl (C=O) groups is 2. The van der Waals surface area contributed by atoms with E-state index in [1.54, 1.807) is 44.2 Å². The highest BCUT2D eigenvalue weighted by atomic mass is 16.5. The Morgan fingerprint density at radius 2 is 2.00 bits per heavy atom. The van der Waals surface area contributed by atoms with Gasteiger partial charge in [0.25, 0.3) is 11.8 Å². The highest BCUT2D eigenvalue weighted by Gasteiger charge is 2.08. The van der Waals surface area contributed by atoms with E-state index in [4.69, 9.17) is 14.0 Å². The van der Waals surface area contributed by atoms with E-state index in [1.807, 2.05) is 0 Å². The predicted molar refractivity (Wildman–Crippen MR) is 77.8 cm³/mol. The quantitative estimate of drug-likeness (QED) is 0.823. The van der Waals surface area contributed by atoms with E-state index in [0.29, 0.717) is 23.6 Å². The number of benzene rings is 1. The molecule has 1 aromatic carbocycles. The Labute approximate surface area is 127 Å². The van der Waals surface area contributed by atoms with Crippen molar-refractivity contribution in [3.63, 3.8) is 0 Å². The molecule has 0 spiro atoms. The number of aryl methyl sites for hydroxylation is 1. The second-order valence-electron chi connectivity index (χ2n) is 4.41. The second kappa shape index (κ2) is 7.26. The molecule has 0 aliphatic heterocycles. The highest BCUT2D eigenvalue weighted by molar-refractivity contribution is 5.93. The molecule has 22 heavy (non-hydrogen) atoms. The summed E-state index contributed by atoms with van der Waals surface area (Å²) in [4.78, 5) is 23.2. The van der Waals surface area contributed by atoms with E-state index in [1.165, 1.54) is 0 Å². The number of nitrogens with zero attached hydrogens (tertiary/aromatic N) is 1. The number of carbonyl (C=O) groups excluding carboxylic acids is 2. The van der Waals surface area contributed by atoms with E-state index < -0.39 is 5.97 Å². The van der Waals surface area contributed by atoms with E-state index in [0.717, 1.165) is 0 Å². The molecule has 1 aromatic heterocycles. The second-order valence-corrected chi connectivity index (χ2v) is 4.41. The van der Waals surface area contributed by atoms with Gasteiger partial charge >= 0.3 is 5.97 Å². The Hall–Kier alpha value is -2.83. The van der Waals surface area contributed by atoms with Gasteiger partial charge in [-0.15, -0.1) is 0 Å². The molecule has 0 aliphatic rings. The molecule has 0 bridgehead atoms. The smallest absolute Gasteiger partial charge is 0.338 e. The van der Waals surface area contributed by atoms with Gasteiger partial charge in [0, 0.05) is 11.8 Å². The van der Waals surface area contributed by atoms with Gasteiger partial charge in [0.2, 0.25) is 0 Å².